The van der Waals surface area contributed by atoms with Crippen molar-refractivity contribution in [2.45, 2.75) is 31.6 Å². The Morgan fingerprint density at radius 3 is 2.92 bits per heavy atom. The van der Waals surface area contributed by atoms with E-state index in [0.717, 1.165) is 23.4 Å². The van der Waals surface area contributed by atoms with Gasteiger partial charge in [-0.15, -0.1) is 0 Å². The Morgan fingerprint density at radius 2 is 2.17 bits per heavy atom. The van der Waals surface area contributed by atoms with Crippen LogP contribution in [0.3, 0.4) is 0 Å². The molecule has 62 valence electrons. The average molecular weight is 162 g/mol. The lowest BCUT2D eigenvalue weighted by atomic mass is 10.1. The minimum atomic E-state index is 0.292. The number of carbonyl (C=O) groups excluding carboxylic acids is 1. The standard InChI is InChI=1S/C9H10N2O/c12-7-4-3-6-8(7)9(11-10-6)5-1-2-5/h5H,1-4H2,(H,10,11). The van der Waals surface area contributed by atoms with Gasteiger partial charge >= 0.3 is 0 Å². The summed E-state index contributed by atoms with van der Waals surface area (Å²) in [5.41, 5.74) is 3.05. The second-order valence-corrected chi connectivity index (χ2v) is 3.66. The summed E-state index contributed by atoms with van der Waals surface area (Å²) in [5, 5.41) is 7.17. The zero-order valence-electron chi connectivity index (χ0n) is 6.76. The summed E-state index contributed by atoms with van der Waals surface area (Å²) in [6.07, 6.45) is 3.98. The van der Waals surface area contributed by atoms with Gasteiger partial charge in [-0.25, -0.2) is 0 Å². The summed E-state index contributed by atoms with van der Waals surface area (Å²) in [6.45, 7) is 0. The topological polar surface area (TPSA) is 45.8 Å². The summed E-state index contributed by atoms with van der Waals surface area (Å²) >= 11 is 0. The van der Waals surface area contributed by atoms with Crippen LogP contribution in [0.1, 0.15) is 46.9 Å². The third-order valence-electron chi connectivity index (χ3n) is 2.71. The van der Waals surface area contributed by atoms with Crippen LogP contribution in [0.4, 0.5) is 0 Å². The third kappa shape index (κ3) is 0.709. The van der Waals surface area contributed by atoms with Crippen LogP contribution < -0.4 is 0 Å². The average Bonchev–Trinajstić information content (AvgIpc) is 2.71. The number of aryl methyl sites for hydroxylation is 1. The van der Waals surface area contributed by atoms with Gasteiger partial charge in [-0.3, -0.25) is 9.89 Å². The third-order valence-corrected chi connectivity index (χ3v) is 2.71. The molecule has 12 heavy (non-hydrogen) atoms. The van der Waals surface area contributed by atoms with Crippen molar-refractivity contribution in [2.24, 2.45) is 0 Å². The van der Waals surface area contributed by atoms with E-state index in [1.165, 1.54) is 12.8 Å². The summed E-state index contributed by atoms with van der Waals surface area (Å²) < 4.78 is 0. The predicted molar refractivity (Wildman–Crippen MR) is 43.2 cm³/mol. The fourth-order valence-electron chi connectivity index (χ4n) is 1.90. The van der Waals surface area contributed by atoms with E-state index in [0.29, 0.717) is 18.1 Å². The van der Waals surface area contributed by atoms with Crippen LogP contribution in [0.15, 0.2) is 0 Å². The van der Waals surface area contributed by atoms with Crippen molar-refractivity contribution in [3.8, 4) is 0 Å². The van der Waals surface area contributed by atoms with Gasteiger partial charge in [-0.2, -0.15) is 5.10 Å². The molecule has 1 fully saturated rings. The molecule has 0 saturated heterocycles. The SMILES string of the molecule is O=C1CCc2[nH]nc(C3CC3)c21. The van der Waals surface area contributed by atoms with Gasteiger partial charge < -0.3 is 0 Å². The van der Waals surface area contributed by atoms with E-state index in [-0.39, 0.29) is 0 Å². The molecule has 3 rings (SSSR count). The van der Waals surface area contributed by atoms with Crippen molar-refractivity contribution in [1.82, 2.24) is 10.2 Å². The number of ketones is 1. The van der Waals surface area contributed by atoms with E-state index < -0.39 is 0 Å². The molecular formula is C9H10N2O. The quantitative estimate of drug-likeness (QED) is 0.678. The Morgan fingerprint density at radius 1 is 1.33 bits per heavy atom. The van der Waals surface area contributed by atoms with Crippen molar-refractivity contribution < 1.29 is 4.79 Å². The first-order valence-electron chi connectivity index (χ1n) is 4.46. The minimum Gasteiger partial charge on any atom is -0.294 e. The van der Waals surface area contributed by atoms with Gasteiger partial charge in [0.15, 0.2) is 5.78 Å². The molecule has 2 aliphatic carbocycles. The molecular weight excluding hydrogens is 152 g/mol. The van der Waals surface area contributed by atoms with E-state index in [1.807, 2.05) is 0 Å². The molecule has 0 radical (unpaired) electrons. The second-order valence-electron chi connectivity index (χ2n) is 3.66. The molecule has 0 aliphatic heterocycles. The van der Waals surface area contributed by atoms with E-state index in [9.17, 15) is 4.79 Å². The van der Waals surface area contributed by atoms with Crippen LogP contribution in [0.5, 0.6) is 0 Å². The van der Waals surface area contributed by atoms with Gasteiger partial charge in [0.25, 0.3) is 0 Å². The number of H-pyrrole nitrogens is 1. The lowest BCUT2D eigenvalue weighted by molar-refractivity contribution is 0.0993. The minimum absolute atomic E-state index is 0.292. The largest absolute Gasteiger partial charge is 0.294 e. The summed E-state index contributed by atoms with van der Waals surface area (Å²) in [4.78, 5) is 11.4. The van der Waals surface area contributed by atoms with Gasteiger partial charge in [0.2, 0.25) is 0 Å². The van der Waals surface area contributed by atoms with E-state index >= 15 is 0 Å². The lowest BCUT2D eigenvalue weighted by Gasteiger charge is -1.92. The molecule has 0 atom stereocenters. The van der Waals surface area contributed by atoms with Crippen LogP contribution in [-0.2, 0) is 6.42 Å². The highest BCUT2D eigenvalue weighted by Crippen LogP contribution is 2.42. The van der Waals surface area contributed by atoms with E-state index in [1.54, 1.807) is 0 Å². The molecule has 1 aromatic heterocycles. The molecule has 3 nitrogen and oxygen atoms in total. The maximum Gasteiger partial charge on any atom is 0.166 e. The van der Waals surface area contributed by atoms with Crippen molar-refractivity contribution >= 4 is 5.78 Å². The number of fused-ring (bicyclic) bond motifs is 1. The lowest BCUT2D eigenvalue weighted by Crippen LogP contribution is -1.95. The van der Waals surface area contributed by atoms with Crippen LogP contribution in [-0.4, -0.2) is 16.0 Å². The molecule has 0 amide bonds. The second kappa shape index (κ2) is 1.97. The fraction of sp³-hybridized carbons (Fsp3) is 0.556. The molecule has 2 aliphatic rings. The van der Waals surface area contributed by atoms with Crippen LogP contribution in [0, 0.1) is 0 Å². The Bertz CT molecular complexity index is 349. The predicted octanol–water partition coefficient (Wildman–Crippen LogP) is 1.42. The fourth-order valence-corrected chi connectivity index (χ4v) is 1.90. The van der Waals surface area contributed by atoms with Gasteiger partial charge in [-0.05, 0) is 19.3 Å². The summed E-state index contributed by atoms with van der Waals surface area (Å²) in [5.74, 6) is 0.882. The number of Topliss-reactive ketones (excluding diaryl/α,β-unsaturated/α-hetero) is 1. The summed E-state index contributed by atoms with van der Waals surface area (Å²) in [7, 11) is 0. The number of nitrogens with one attached hydrogen (secondary N) is 1. The maximum absolute atomic E-state index is 11.4. The number of rotatable bonds is 1. The first-order valence-corrected chi connectivity index (χ1v) is 4.46. The molecule has 0 aromatic carbocycles. The van der Waals surface area contributed by atoms with Crippen LogP contribution in [0.25, 0.3) is 0 Å². The maximum atomic E-state index is 11.4. The van der Waals surface area contributed by atoms with Gasteiger partial charge in [0, 0.05) is 18.0 Å². The molecule has 1 saturated carbocycles. The van der Waals surface area contributed by atoms with Gasteiger partial charge in [0.1, 0.15) is 0 Å². The Kier molecular flexibility index (Phi) is 1.05. The van der Waals surface area contributed by atoms with Crippen molar-refractivity contribution in [1.29, 1.82) is 0 Å². The highest BCUT2D eigenvalue weighted by Gasteiger charge is 2.34. The zero-order valence-corrected chi connectivity index (χ0v) is 6.76. The number of hydrogen-bond acceptors (Lipinski definition) is 2. The molecule has 3 heteroatoms. The molecule has 1 aromatic rings. The Balaban J connectivity index is 2.15. The molecule has 0 bridgehead atoms. The normalized spacial score (nSPS) is 21.5. The van der Waals surface area contributed by atoms with Gasteiger partial charge in [-0.1, -0.05) is 0 Å². The first-order chi connectivity index (χ1) is 5.86. The van der Waals surface area contributed by atoms with Crippen molar-refractivity contribution in [2.75, 3.05) is 0 Å². The Labute approximate surface area is 70.2 Å². The number of aromatic nitrogens is 2. The number of carbonyl (C=O) groups is 1. The monoisotopic (exact) mass is 162 g/mol. The molecule has 1 heterocycles. The Hall–Kier alpha value is -1.12. The smallest absolute Gasteiger partial charge is 0.166 e. The molecule has 0 spiro atoms. The molecule has 1 N–H and O–H groups in total. The highest BCUT2D eigenvalue weighted by molar-refractivity contribution is 6.01. The van der Waals surface area contributed by atoms with Crippen LogP contribution in [0.2, 0.25) is 0 Å². The van der Waals surface area contributed by atoms with E-state index in [2.05, 4.69) is 10.2 Å². The number of aromatic amines is 1. The number of hydrogen-bond donors (Lipinski definition) is 1. The molecule has 0 unspecified atom stereocenters. The number of nitrogens with zero attached hydrogens (tertiary/aromatic N) is 1. The van der Waals surface area contributed by atoms with E-state index in [4.69, 9.17) is 0 Å². The highest BCUT2D eigenvalue weighted by atomic mass is 16.1. The van der Waals surface area contributed by atoms with Gasteiger partial charge in [0.05, 0.1) is 11.3 Å². The first kappa shape index (κ1) is 6.40. The van der Waals surface area contributed by atoms with Crippen molar-refractivity contribution in [3.05, 3.63) is 17.0 Å². The van der Waals surface area contributed by atoms with Crippen LogP contribution >= 0.6 is 0 Å². The zero-order chi connectivity index (χ0) is 8.13. The summed E-state index contributed by atoms with van der Waals surface area (Å²) in [6, 6.07) is 0. The van der Waals surface area contributed by atoms with Crippen molar-refractivity contribution in [3.63, 3.8) is 0 Å².